The Morgan fingerprint density at radius 3 is 2.10 bits per heavy atom. The Morgan fingerprint density at radius 1 is 0.840 bits per heavy atom. The summed E-state index contributed by atoms with van der Waals surface area (Å²) < 4.78 is 12.2. The van der Waals surface area contributed by atoms with Gasteiger partial charge in [0.25, 0.3) is 0 Å². The Balaban J connectivity index is 1.21. The van der Waals surface area contributed by atoms with Crippen LogP contribution in [0.1, 0.15) is 121 Å². The van der Waals surface area contributed by atoms with Gasteiger partial charge in [0, 0.05) is 29.2 Å². The minimum Gasteiger partial charge on any atom is -0.478 e. The number of carboxylic acids is 1. The summed E-state index contributed by atoms with van der Waals surface area (Å²) in [5, 5.41) is 12.9. The number of hydrogen-bond acceptors (Lipinski definition) is 5. The fourth-order valence-corrected chi connectivity index (χ4v) is 7.53. The summed E-state index contributed by atoms with van der Waals surface area (Å²) in [6, 6.07) is 28.3. The van der Waals surface area contributed by atoms with E-state index in [4.69, 9.17) is 9.47 Å². The van der Waals surface area contributed by atoms with Crippen LogP contribution in [0.4, 0.5) is 5.69 Å². The molecule has 0 bridgehead atoms. The van der Waals surface area contributed by atoms with Crippen LogP contribution in [0, 0.1) is 5.92 Å². The van der Waals surface area contributed by atoms with Gasteiger partial charge in [0.15, 0.2) is 0 Å². The number of fused-ring (bicyclic) bond motifs is 2. The molecule has 2 aliphatic rings. The van der Waals surface area contributed by atoms with Crippen LogP contribution in [0.5, 0.6) is 11.5 Å². The molecule has 0 radical (unpaired) electrons. The Morgan fingerprint density at radius 2 is 1.46 bits per heavy atom. The highest BCUT2D eigenvalue weighted by atomic mass is 16.5. The lowest BCUT2D eigenvalue weighted by Gasteiger charge is -2.29. The summed E-state index contributed by atoms with van der Waals surface area (Å²) in [7, 11) is 0. The maximum Gasteiger partial charge on any atom is 0.339 e. The molecule has 0 saturated heterocycles. The molecule has 1 aliphatic carbocycles. The smallest absolute Gasteiger partial charge is 0.339 e. The van der Waals surface area contributed by atoms with Gasteiger partial charge < -0.3 is 19.9 Å². The van der Waals surface area contributed by atoms with Gasteiger partial charge in [-0.1, -0.05) is 114 Å². The minimum absolute atomic E-state index is 0.0557. The summed E-state index contributed by atoms with van der Waals surface area (Å²) in [5.74, 6) is 0.0444. The number of carbonyl (C=O) groups excluding carboxylic acids is 2. The number of aryl methyl sites for hydroxylation is 1. The number of benzene rings is 4. The van der Waals surface area contributed by atoms with Crippen LogP contribution in [0.15, 0.2) is 91.0 Å². The number of esters is 1. The van der Waals surface area contributed by atoms with Crippen molar-refractivity contribution in [1.82, 2.24) is 0 Å². The number of anilines is 1. The summed E-state index contributed by atoms with van der Waals surface area (Å²) in [6.07, 6.45) is 7.69. The molecular weight excluding hydrogens is 626 g/mol. The topological polar surface area (TPSA) is 102 Å². The number of carboxylic acid groups (broad SMARTS) is 1. The van der Waals surface area contributed by atoms with Crippen LogP contribution in [0.2, 0.25) is 0 Å². The van der Waals surface area contributed by atoms with Crippen molar-refractivity contribution in [2.75, 3.05) is 5.32 Å². The molecule has 1 amide bonds. The average Bonchev–Trinajstić information content (AvgIpc) is 3.10. The van der Waals surface area contributed by atoms with Crippen molar-refractivity contribution in [2.24, 2.45) is 5.92 Å². The lowest BCUT2D eigenvalue weighted by atomic mass is 9.83. The third kappa shape index (κ3) is 8.27. The molecule has 7 heteroatoms. The number of carbonyl (C=O) groups is 3. The standard InChI is InChI=1S/C43H47NO6/c1-43(2,3)36-24-22-29(21-23-30(25-28-13-5-4-6-14-28)49-42(48)34-18-8-7-17-33(34)41(46)47)26-37(36)44-40(45)27-35-31-15-9-11-19-38(31)50-39-20-12-10-16-32(35)39/h7-12,15-20,22,24,26,28,30,35H,4-6,13-14,21,23,25,27H2,1-3H3,(H,44,45)(H,46,47)/t30-/m0/s1. The average molecular weight is 674 g/mol. The molecule has 1 heterocycles. The highest BCUT2D eigenvalue weighted by Gasteiger charge is 2.30. The van der Waals surface area contributed by atoms with Crippen molar-refractivity contribution in [3.63, 3.8) is 0 Å². The van der Waals surface area contributed by atoms with E-state index >= 15 is 0 Å². The van der Waals surface area contributed by atoms with E-state index in [1.807, 2.05) is 48.5 Å². The van der Waals surface area contributed by atoms with E-state index in [1.54, 1.807) is 12.1 Å². The Bertz CT molecular complexity index is 1800. The third-order valence-corrected chi connectivity index (χ3v) is 10.1. The molecule has 50 heavy (non-hydrogen) atoms. The van der Waals surface area contributed by atoms with Crippen LogP contribution >= 0.6 is 0 Å². The number of para-hydroxylation sites is 2. The van der Waals surface area contributed by atoms with Crippen LogP contribution in [0.25, 0.3) is 0 Å². The molecular formula is C43H47NO6. The van der Waals surface area contributed by atoms with E-state index in [0.29, 0.717) is 18.8 Å². The number of ether oxygens (including phenoxy) is 2. The van der Waals surface area contributed by atoms with E-state index < -0.39 is 11.9 Å². The number of rotatable bonds is 11. The molecule has 0 unspecified atom stereocenters. The van der Waals surface area contributed by atoms with Gasteiger partial charge in [-0.3, -0.25) is 4.79 Å². The summed E-state index contributed by atoms with van der Waals surface area (Å²) >= 11 is 0. The highest BCUT2D eigenvalue weighted by Crippen LogP contribution is 2.45. The lowest BCUT2D eigenvalue weighted by molar-refractivity contribution is -0.116. The lowest BCUT2D eigenvalue weighted by Crippen LogP contribution is -2.25. The SMILES string of the molecule is CC(C)(C)c1ccc(CC[C@@H](CC2CCCCC2)OC(=O)c2ccccc2C(=O)O)cc1NC(=O)CC1c2ccccc2Oc2ccccc21. The van der Waals surface area contributed by atoms with Crippen LogP contribution in [-0.2, 0) is 21.4 Å². The van der Waals surface area contributed by atoms with Gasteiger partial charge >= 0.3 is 11.9 Å². The summed E-state index contributed by atoms with van der Waals surface area (Å²) in [4.78, 5) is 39.0. The zero-order chi connectivity index (χ0) is 35.3. The highest BCUT2D eigenvalue weighted by molar-refractivity contribution is 6.02. The molecule has 6 rings (SSSR count). The van der Waals surface area contributed by atoms with Crippen molar-refractivity contribution in [2.45, 2.75) is 96.0 Å². The zero-order valence-electron chi connectivity index (χ0n) is 29.2. The number of amides is 1. The van der Waals surface area contributed by atoms with Gasteiger partial charge in [0.05, 0.1) is 11.1 Å². The molecule has 4 aromatic carbocycles. The molecule has 1 fully saturated rings. The third-order valence-electron chi connectivity index (χ3n) is 10.1. The monoisotopic (exact) mass is 673 g/mol. The second kappa shape index (κ2) is 15.3. The number of aromatic carboxylic acids is 1. The van der Waals surface area contributed by atoms with E-state index in [0.717, 1.165) is 58.7 Å². The van der Waals surface area contributed by atoms with Crippen LogP contribution in [-0.4, -0.2) is 29.1 Å². The van der Waals surface area contributed by atoms with Gasteiger partial charge in [-0.2, -0.15) is 0 Å². The molecule has 0 spiro atoms. The van der Waals surface area contributed by atoms with Crippen LogP contribution in [0.3, 0.4) is 0 Å². The van der Waals surface area contributed by atoms with Crippen molar-refractivity contribution in [1.29, 1.82) is 0 Å². The molecule has 2 N–H and O–H groups in total. The largest absolute Gasteiger partial charge is 0.478 e. The Labute approximate surface area is 295 Å². The van der Waals surface area contributed by atoms with Crippen molar-refractivity contribution < 1.29 is 29.0 Å². The second-order valence-corrected chi connectivity index (χ2v) is 14.8. The molecule has 7 nitrogen and oxygen atoms in total. The first-order valence-electron chi connectivity index (χ1n) is 17.9. The quantitative estimate of drug-likeness (QED) is 0.154. The van der Waals surface area contributed by atoms with E-state index in [-0.39, 0.29) is 40.9 Å². The second-order valence-electron chi connectivity index (χ2n) is 14.8. The summed E-state index contributed by atoms with van der Waals surface area (Å²) in [6.45, 7) is 6.41. The van der Waals surface area contributed by atoms with Gasteiger partial charge in [-0.25, -0.2) is 9.59 Å². The minimum atomic E-state index is -1.15. The molecule has 260 valence electrons. The molecule has 4 aromatic rings. The van der Waals surface area contributed by atoms with Gasteiger partial charge in [-0.15, -0.1) is 0 Å². The fraction of sp³-hybridized carbons (Fsp3) is 0.372. The molecule has 1 saturated carbocycles. The molecule has 1 aliphatic heterocycles. The van der Waals surface area contributed by atoms with Crippen LogP contribution < -0.4 is 10.1 Å². The van der Waals surface area contributed by atoms with E-state index in [9.17, 15) is 19.5 Å². The first-order chi connectivity index (χ1) is 24.1. The van der Waals surface area contributed by atoms with E-state index in [2.05, 4.69) is 44.3 Å². The molecule has 1 atom stereocenters. The Hall–Kier alpha value is -4.91. The number of hydrogen-bond donors (Lipinski definition) is 2. The van der Waals surface area contributed by atoms with Gasteiger partial charge in [0.2, 0.25) is 5.91 Å². The predicted octanol–water partition coefficient (Wildman–Crippen LogP) is 10.1. The van der Waals surface area contributed by atoms with E-state index in [1.165, 1.54) is 31.4 Å². The summed E-state index contributed by atoms with van der Waals surface area (Å²) in [5.41, 5.74) is 4.65. The molecule has 0 aromatic heterocycles. The first-order valence-corrected chi connectivity index (χ1v) is 17.9. The van der Waals surface area contributed by atoms with Crippen molar-refractivity contribution in [3.8, 4) is 11.5 Å². The van der Waals surface area contributed by atoms with Gasteiger partial charge in [0.1, 0.15) is 17.6 Å². The normalized spacial score (nSPS) is 15.3. The van der Waals surface area contributed by atoms with Crippen molar-refractivity contribution in [3.05, 3.63) is 124 Å². The van der Waals surface area contributed by atoms with Crippen molar-refractivity contribution >= 4 is 23.5 Å². The zero-order valence-corrected chi connectivity index (χ0v) is 29.2. The maximum atomic E-state index is 13.9. The Kier molecular flexibility index (Phi) is 10.7. The first kappa shape index (κ1) is 34.9. The van der Waals surface area contributed by atoms with Gasteiger partial charge in [-0.05, 0) is 72.1 Å². The maximum absolute atomic E-state index is 13.9. The number of nitrogens with one attached hydrogen (secondary N) is 1. The predicted molar refractivity (Wildman–Crippen MR) is 195 cm³/mol. The fourth-order valence-electron chi connectivity index (χ4n) is 7.53.